The third kappa shape index (κ3) is 4.83. The molecule has 0 amide bonds. The Morgan fingerprint density at radius 3 is 2.82 bits per heavy atom. The molecule has 1 aliphatic rings. The summed E-state index contributed by atoms with van der Waals surface area (Å²) < 4.78 is 6.03. The van der Waals surface area contributed by atoms with Gasteiger partial charge in [0, 0.05) is 30.2 Å². The van der Waals surface area contributed by atoms with E-state index in [1.165, 1.54) is 5.56 Å². The van der Waals surface area contributed by atoms with E-state index in [2.05, 4.69) is 48.9 Å². The average Bonchev–Trinajstić information content (AvgIpc) is 2.54. The van der Waals surface area contributed by atoms with Gasteiger partial charge in [-0.15, -0.1) is 0 Å². The first-order valence-corrected chi connectivity index (χ1v) is 9.14. The maximum Gasteiger partial charge on any atom is 0.191 e. The number of aliphatic imine (C=N–C) groups is 1. The zero-order valence-corrected chi connectivity index (χ0v) is 14.7. The summed E-state index contributed by atoms with van der Waals surface area (Å²) >= 11 is 1.97. The van der Waals surface area contributed by atoms with Crippen LogP contribution < -0.4 is 10.5 Å². The van der Waals surface area contributed by atoms with Gasteiger partial charge in [0.05, 0.1) is 12.6 Å². The van der Waals surface area contributed by atoms with Crippen LogP contribution >= 0.6 is 11.8 Å². The number of thioether (sulfide) groups is 1. The molecule has 4 nitrogen and oxygen atoms in total. The zero-order chi connectivity index (χ0) is 15.9. The highest BCUT2D eigenvalue weighted by Crippen LogP contribution is 2.23. The molecule has 0 bridgehead atoms. The first kappa shape index (κ1) is 17.0. The molecule has 2 N–H and O–H groups in total. The standard InChI is InChI=1S/C17H27N3OS/c1-4-14(3)21-16-11-13(2)5-6-15(16)12-19-17(18)20-7-9-22-10-8-20/h5-6,11,14H,4,7-10,12H2,1-3H3,(H2,18,19). The third-order valence-corrected chi connectivity index (χ3v) is 4.81. The fourth-order valence-corrected chi connectivity index (χ4v) is 3.16. The summed E-state index contributed by atoms with van der Waals surface area (Å²) in [5.41, 5.74) is 8.43. The summed E-state index contributed by atoms with van der Waals surface area (Å²) in [6.45, 7) is 8.85. The van der Waals surface area contributed by atoms with E-state index in [0.29, 0.717) is 12.5 Å². The van der Waals surface area contributed by atoms with Gasteiger partial charge in [0.25, 0.3) is 0 Å². The predicted molar refractivity (Wildman–Crippen MR) is 95.8 cm³/mol. The van der Waals surface area contributed by atoms with Crippen LogP contribution in [0.5, 0.6) is 5.75 Å². The molecule has 1 atom stereocenters. The number of hydrogen-bond donors (Lipinski definition) is 1. The summed E-state index contributed by atoms with van der Waals surface area (Å²) in [6.07, 6.45) is 1.20. The Hall–Kier alpha value is -1.36. The van der Waals surface area contributed by atoms with Crippen LogP contribution in [0.3, 0.4) is 0 Å². The summed E-state index contributed by atoms with van der Waals surface area (Å²) in [5, 5.41) is 0. The number of nitrogens with zero attached hydrogens (tertiary/aromatic N) is 2. The van der Waals surface area contributed by atoms with E-state index >= 15 is 0 Å². The highest BCUT2D eigenvalue weighted by molar-refractivity contribution is 7.99. The van der Waals surface area contributed by atoms with E-state index in [-0.39, 0.29) is 6.10 Å². The smallest absolute Gasteiger partial charge is 0.191 e. The lowest BCUT2D eigenvalue weighted by Crippen LogP contribution is -2.42. The monoisotopic (exact) mass is 321 g/mol. The Bertz CT molecular complexity index is 513. The van der Waals surface area contributed by atoms with Crippen molar-refractivity contribution >= 4 is 17.7 Å². The molecule has 1 aliphatic heterocycles. The topological polar surface area (TPSA) is 50.9 Å². The molecule has 1 saturated heterocycles. The van der Waals surface area contributed by atoms with Crippen molar-refractivity contribution in [2.24, 2.45) is 10.7 Å². The van der Waals surface area contributed by atoms with E-state index in [9.17, 15) is 0 Å². The normalized spacial score (nSPS) is 17.4. The molecule has 0 radical (unpaired) electrons. The molecule has 122 valence electrons. The highest BCUT2D eigenvalue weighted by Gasteiger charge is 2.13. The lowest BCUT2D eigenvalue weighted by Gasteiger charge is -2.27. The third-order valence-electron chi connectivity index (χ3n) is 3.87. The van der Waals surface area contributed by atoms with E-state index in [4.69, 9.17) is 10.5 Å². The van der Waals surface area contributed by atoms with Crippen molar-refractivity contribution in [3.05, 3.63) is 29.3 Å². The first-order chi connectivity index (χ1) is 10.6. The Balaban J connectivity index is 2.07. The van der Waals surface area contributed by atoms with E-state index in [1.807, 2.05) is 11.8 Å². The minimum atomic E-state index is 0.209. The molecule has 0 spiro atoms. The van der Waals surface area contributed by atoms with Crippen LogP contribution in [0.25, 0.3) is 0 Å². The van der Waals surface area contributed by atoms with Gasteiger partial charge in [0.2, 0.25) is 0 Å². The Morgan fingerprint density at radius 2 is 2.14 bits per heavy atom. The molecule has 22 heavy (non-hydrogen) atoms. The van der Waals surface area contributed by atoms with Crippen LogP contribution in [0.15, 0.2) is 23.2 Å². The van der Waals surface area contributed by atoms with Crippen molar-refractivity contribution in [3.8, 4) is 5.75 Å². The fourth-order valence-electron chi connectivity index (χ4n) is 2.26. The number of guanidine groups is 1. The number of hydrogen-bond acceptors (Lipinski definition) is 3. The number of aryl methyl sites for hydroxylation is 1. The lowest BCUT2D eigenvalue weighted by molar-refractivity contribution is 0.215. The second-order valence-corrected chi connectivity index (χ2v) is 6.95. The van der Waals surface area contributed by atoms with Crippen LogP contribution in [0.4, 0.5) is 0 Å². The quantitative estimate of drug-likeness (QED) is 0.669. The van der Waals surface area contributed by atoms with Gasteiger partial charge in [-0.05, 0) is 31.9 Å². The van der Waals surface area contributed by atoms with E-state index < -0.39 is 0 Å². The summed E-state index contributed by atoms with van der Waals surface area (Å²) in [6, 6.07) is 6.28. The molecule has 1 unspecified atom stereocenters. The van der Waals surface area contributed by atoms with Gasteiger partial charge in [-0.1, -0.05) is 19.1 Å². The van der Waals surface area contributed by atoms with Crippen LogP contribution in [0.1, 0.15) is 31.4 Å². The first-order valence-electron chi connectivity index (χ1n) is 7.99. The van der Waals surface area contributed by atoms with Crippen LogP contribution in [0.2, 0.25) is 0 Å². The largest absolute Gasteiger partial charge is 0.490 e. The van der Waals surface area contributed by atoms with Crippen molar-refractivity contribution in [3.63, 3.8) is 0 Å². The Labute approximate surface area is 138 Å². The van der Waals surface area contributed by atoms with Crippen molar-refractivity contribution in [1.82, 2.24) is 4.90 Å². The summed E-state index contributed by atoms with van der Waals surface area (Å²) in [5.74, 6) is 3.84. The van der Waals surface area contributed by atoms with Gasteiger partial charge in [-0.3, -0.25) is 0 Å². The Kier molecular flexibility index (Phi) is 6.43. The zero-order valence-electron chi connectivity index (χ0n) is 13.8. The van der Waals surface area contributed by atoms with Crippen LogP contribution in [-0.4, -0.2) is 41.6 Å². The van der Waals surface area contributed by atoms with Gasteiger partial charge in [0.15, 0.2) is 5.96 Å². The SMILES string of the molecule is CCC(C)Oc1cc(C)ccc1CN=C(N)N1CCSCC1. The maximum atomic E-state index is 6.13. The molecule has 1 aromatic rings. The lowest BCUT2D eigenvalue weighted by atomic mass is 10.1. The van der Waals surface area contributed by atoms with Crippen molar-refractivity contribution in [2.75, 3.05) is 24.6 Å². The second-order valence-electron chi connectivity index (χ2n) is 5.72. The van der Waals surface area contributed by atoms with Gasteiger partial charge in [-0.2, -0.15) is 11.8 Å². The van der Waals surface area contributed by atoms with Gasteiger partial charge in [-0.25, -0.2) is 4.99 Å². The van der Waals surface area contributed by atoms with Crippen LogP contribution in [0, 0.1) is 6.92 Å². The molecule has 1 aromatic carbocycles. The number of nitrogens with two attached hydrogens (primary N) is 1. The van der Waals surface area contributed by atoms with Crippen molar-refractivity contribution in [2.45, 2.75) is 39.8 Å². The van der Waals surface area contributed by atoms with Crippen molar-refractivity contribution in [1.29, 1.82) is 0 Å². The van der Waals surface area contributed by atoms with Crippen LogP contribution in [-0.2, 0) is 6.54 Å². The molecule has 1 heterocycles. The molecule has 0 aliphatic carbocycles. The van der Waals surface area contributed by atoms with Gasteiger partial charge in [0.1, 0.15) is 5.75 Å². The van der Waals surface area contributed by atoms with Gasteiger partial charge < -0.3 is 15.4 Å². The van der Waals surface area contributed by atoms with Crippen molar-refractivity contribution < 1.29 is 4.74 Å². The van der Waals surface area contributed by atoms with Gasteiger partial charge >= 0.3 is 0 Å². The molecule has 5 heteroatoms. The van der Waals surface area contributed by atoms with E-state index in [1.54, 1.807) is 0 Å². The molecule has 0 saturated carbocycles. The molecule has 1 fully saturated rings. The highest BCUT2D eigenvalue weighted by atomic mass is 32.2. The number of benzene rings is 1. The second kappa shape index (κ2) is 8.32. The number of rotatable bonds is 5. The number of ether oxygens (including phenoxy) is 1. The minimum Gasteiger partial charge on any atom is -0.490 e. The molecular weight excluding hydrogens is 294 g/mol. The fraction of sp³-hybridized carbons (Fsp3) is 0.588. The maximum absolute atomic E-state index is 6.13. The Morgan fingerprint density at radius 1 is 1.41 bits per heavy atom. The summed E-state index contributed by atoms with van der Waals surface area (Å²) in [4.78, 5) is 6.74. The average molecular weight is 321 g/mol. The molecule has 2 rings (SSSR count). The predicted octanol–water partition coefficient (Wildman–Crippen LogP) is 3.04. The molecular formula is C17H27N3OS. The molecule has 0 aromatic heterocycles. The minimum absolute atomic E-state index is 0.209. The van der Waals surface area contributed by atoms with E-state index in [0.717, 1.165) is 42.3 Å². The summed E-state index contributed by atoms with van der Waals surface area (Å²) in [7, 11) is 0.